The molecule has 270 valence electrons. The summed E-state index contributed by atoms with van der Waals surface area (Å²) in [6.07, 6.45) is 33.7. The molecule has 0 N–H and O–H groups in total. The van der Waals surface area contributed by atoms with Crippen molar-refractivity contribution in [3.63, 3.8) is 0 Å². The summed E-state index contributed by atoms with van der Waals surface area (Å²) in [5.74, 6) is 2.23. The van der Waals surface area contributed by atoms with Gasteiger partial charge in [-0.25, -0.2) is 0 Å². The number of unbranched alkanes of at least 4 members (excludes halogenated alkanes) is 10. The van der Waals surface area contributed by atoms with Crippen LogP contribution in [0.15, 0.2) is 0 Å². The number of hydrogen-bond acceptors (Lipinski definition) is 4. The van der Waals surface area contributed by atoms with Gasteiger partial charge in [-0.3, -0.25) is 9.59 Å². The molecule has 0 aromatic rings. The van der Waals surface area contributed by atoms with E-state index < -0.39 is 0 Å². The molecule has 0 bridgehead atoms. The van der Waals surface area contributed by atoms with E-state index in [0.717, 1.165) is 76.0 Å². The molecule has 0 spiro atoms. The third-order valence-corrected chi connectivity index (χ3v) is 11.6. The molecule has 0 aromatic carbocycles. The van der Waals surface area contributed by atoms with E-state index in [1.807, 2.05) is 0 Å². The lowest BCUT2D eigenvalue weighted by Gasteiger charge is -2.29. The van der Waals surface area contributed by atoms with Crippen molar-refractivity contribution in [3.05, 3.63) is 0 Å². The zero-order valence-electron chi connectivity index (χ0n) is 31.3. The highest BCUT2D eigenvalue weighted by molar-refractivity contribution is 5.73. The highest BCUT2D eigenvalue weighted by Gasteiger charge is 2.29. The predicted molar refractivity (Wildman–Crippen MR) is 195 cm³/mol. The number of carbonyl (C=O) groups is 2. The normalized spacial score (nSPS) is 17.3. The van der Waals surface area contributed by atoms with Gasteiger partial charge in [-0.1, -0.05) is 169 Å². The summed E-state index contributed by atoms with van der Waals surface area (Å²) < 4.78 is 12.4. The Kier molecular flexibility index (Phi) is 24.0. The molecule has 2 unspecified atom stereocenters. The summed E-state index contributed by atoms with van der Waals surface area (Å²) in [5.41, 5.74) is 0. The summed E-state index contributed by atoms with van der Waals surface area (Å²) in [6, 6.07) is 0. The number of rotatable bonds is 31. The number of hydrogen-bond donors (Lipinski definition) is 0. The van der Waals surface area contributed by atoms with E-state index in [-0.39, 0.29) is 29.7 Å². The van der Waals surface area contributed by atoms with E-state index in [1.54, 1.807) is 0 Å². The van der Waals surface area contributed by atoms with Crippen LogP contribution < -0.4 is 0 Å². The van der Waals surface area contributed by atoms with Gasteiger partial charge in [0.05, 0.1) is 25.0 Å². The fourth-order valence-corrected chi connectivity index (χ4v) is 7.83. The van der Waals surface area contributed by atoms with E-state index in [4.69, 9.17) is 9.47 Å². The Morgan fingerprint density at radius 2 is 0.870 bits per heavy atom. The van der Waals surface area contributed by atoms with Gasteiger partial charge in [0.2, 0.25) is 0 Å². The molecule has 0 heterocycles. The molecule has 46 heavy (non-hydrogen) atoms. The van der Waals surface area contributed by atoms with E-state index in [9.17, 15) is 9.59 Å². The topological polar surface area (TPSA) is 52.6 Å². The molecule has 0 radical (unpaired) electrons. The van der Waals surface area contributed by atoms with Crippen LogP contribution in [0.3, 0.4) is 0 Å². The molecule has 2 aliphatic rings. The molecule has 2 atom stereocenters. The standard InChI is InChI=1S/C42H78O4/c1-5-9-11-13-15-17-27-38(31-29-35-23-19-24-35)41(43)45-33-40(37(21-7-3)22-8-4)34-46-42(44)39(32-30-36-25-20-26-36)28-18-16-14-12-10-6-2/h35-40H,5-34H2,1-4H3. The average molecular weight is 647 g/mol. The minimum Gasteiger partial charge on any atom is -0.465 e. The summed E-state index contributed by atoms with van der Waals surface area (Å²) >= 11 is 0. The molecule has 4 heteroatoms. The Hall–Kier alpha value is -1.06. The van der Waals surface area contributed by atoms with Gasteiger partial charge in [0.25, 0.3) is 0 Å². The zero-order valence-corrected chi connectivity index (χ0v) is 31.3. The largest absolute Gasteiger partial charge is 0.465 e. The number of ether oxygens (including phenoxy) is 2. The van der Waals surface area contributed by atoms with Gasteiger partial charge >= 0.3 is 11.9 Å². The van der Waals surface area contributed by atoms with Crippen molar-refractivity contribution in [1.29, 1.82) is 0 Å². The molecule has 2 saturated carbocycles. The maximum atomic E-state index is 13.6. The molecule has 2 fully saturated rings. The molecule has 0 aliphatic heterocycles. The van der Waals surface area contributed by atoms with E-state index in [1.165, 1.54) is 116 Å². The fourth-order valence-electron chi connectivity index (χ4n) is 7.83. The first-order valence-electron chi connectivity index (χ1n) is 20.8. The third-order valence-electron chi connectivity index (χ3n) is 11.6. The van der Waals surface area contributed by atoms with Crippen molar-refractivity contribution in [2.75, 3.05) is 13.2 Å². The molecule has 0 saturated heterocycles. The third kappa shape index (κ3) is 17.9. The first kappa shape index (κ1) is 41.1. The van der Waals surface area contributed by atoms with Crippen LogP contribution in [0.2, 0.25) is 0 Å². The van der Waals surface area contributed by atoms with Crippen molar-refractivity contribution < 1.29 is 19.1 Å². The lowest BCUT2D eigenvalue weighted by molar-refractivity contribution is -0.156. The van der Waals surface area contributed by atoms with Crippen LogP contribution in [0, 0.1) is 35.5 Å². The van der Waals surface area contributed by atoms with Crippen molar-refractivity contribution in [2.45, 2.75) is 207 Å². The monoisotopic (exact) mass is 647 g/mol. The van der Waals surface area contributed by atoms with Crippen LogP contribution in [-0.4, -0.2) is 25.2 Å². The van der Waals surface area contributed by atoms with Gasteiger partial charge in [0.1, 0.15) is 0 Å². The van der Waals surface area contributed by atoms with Crippen LogP contribution >= 0.6 is 0 Å². The Morgan fingerprint density at radius 1 is 0.478 bits per heavy atom. The Morgan fingerprint density at radius 3 is 1.22 bits per heavy atom. The van der Waals surface area contributed by atoms with Crippen LogP contribution in [0.4, 0.5) is 0 Å². The van der Waals surface area contributed by atoms with Crippen molar-refractivity contribution in [1.82, 2.24) is 0 Å². The summed E-state index contributed by atoms with van der Waals surface area (Å²) in [4.78, 5) is 27.2. The Labute approximate surface area is 286 Å². The van der Waals surface area contributed by atoms with Crippen molar-refractivity contribution >= 4 is 11.9 Å². The summed E-state index contributed by atoms with van der Waals surface area (Å²) in [5, 5.41) is 0. The maximum absolute atomic E-state index is 13.6. The smallest absolute Gasteiger partial charge is 0.308 e. The number of carbonyl (C=O) groups excluding carboxylic acids is 2. The van der Waals surface area contributed by atoms with Crippen LogP contribution in [-0.2, 0) is 19.1 Å². The van der Waals surface area contributed by atoms with E-state index in [0.29, 0.717) is 19.1 Å². The van der Waals surface area contributed by atoms with Crippen LogP contribution in [0.25, 0.3) is 0 Å². The predicted octanol–water partition coefficient (Wildman–Crippen LogP) is 12.8. The molecular formula is C42H78O4. The van der Waals surface area contributed by atoms with Crippen LogP contribution in [0.1, 0.15) is 207 Å². The second-order valence-corrected chi connectivity index (χ2v) is 15.6. The van der Waals surface area contributed by atoms with Gasteiger partial charge < -0.3 is 9.47 Å². The van der Waals surface area contributed by atoms with Crippen LogP contribution in [0.5, 0.6) is 0 Å². The van der Waals surface area contributed by atoms with Crippen molar-refractivity contribution in [2.24, 2.45) is 35.5 Å². The van der Waals surface area contributed by atoms with E-state index in [2.05, 4.69) is 27.7 Å². The molecule has 4 nitrogen and oxygen atoms in total. The lowest BCUT2D eigenvalue weighted by Crippen LogP contribution is -2.31. The molecule has 2 aliphatic carbocycles. The quantitative estimate of drug-likeness (QED) is 0.0555. The minimum absolute atomic E-state index is 0.0115. The first-order valence-corrected chi connectivity index (χ1v) is 20.8. The zero-order chi connectivity index (χ0) is 33.2. The maximum Gasteiger partial charge on any atom is 0.308 e. The summed E-state index contributed by atoms with van der Waals surface area (Å²) in [7, 11) is 0. The van der Waals surface area contributed by atoms with Gasteiger partial charge in [-0.15, -0.1) is 0 Å². The molecule has 2 rings (SSSR count). The Balaban J connectivity index is 1.96. The molecular weight excluding hydrogens is 568 g/mol. The Bertz CT molecular complexity index is 682. The van der Waals surface area contributed by atoms with Gasteiger partial charge in [0.15, 0.2) is 0 Å². The fraction of sp³-hybridized carbons (Fsp3) is 0.952. The molecule has 0 aromatic heterocycles. The second-order valence-electron chi connectivity index (χ2n) is 15.6. The summed E-state index contributed by atoms with van der Waals surface area (Å²) in [6.45, 7) is 9.81. The molecule has 0 amide bonds. The van der Waals surface area contributed by atoms with Gasteiger partial charge in [-0.05, 0) is 56.3 Å². The van der Waals surface area contributed by atoms with Crippen molar-refractivity contribution in [3.8, 4) is 0 Å². The lowest BCUT2D eigenvalue weighted by atomic mass is 9.79. The van der Waals surface area contributed by atoms with Gasteiger partial charge in [-0.2, -0.15) is 0 Å². The SMILES string of the molecule is CCCCCCCCC(CCC1CCC1)C(=O)OCC(COC(=O)C(CCCCCCCC)CCC1CCC1)C(CCC)CCC. The first-order chi connectivity index (χ1) is 22.5. The second kappa shape index (κ2) is 26.8. The van der Waals surface area contributed by atoms with E-state index >= 15 is 0 Å². The highest BCUT2D eigenvalue weighted by atomic mass is 16.5. The average Bonchev–Trinajstić information content (AvgIpc) is 3.00. The number of esters is 2. The minimum atomic E-state index is 0.0115. The highest BCUT2D eigenvalue weighted by Crippen LogP contribution is 2.34. The van der Waals surface area contributed by atoms with Gasteiger partial charge in [0, 0.05) is 5.92 Å².